The summed E-state index contributed by atoms with van der Waals surface area (Å²) in [6.45, 7) is 2.91. The van der Waals surface area contributed by atoms with Crippen LogP contribution < -0.4 is 0 Å². The largest absolute Gasteiger partial charge is 0.507 e. The number of carboxylic acids is 1. The van der Waals surface area contributed by atoms with Crippen molar-refractivity contribution in [1.29, 1.82) is 0 Å². The fraction of sp³-hybridized carbons (Fsp3) is 0.462. The van der Waals surface area contributed by atoms with E-state index in [-0.39, 0.29) is 24.1 Å². The van der Waals surface area contributed by atoms with Crippen molar-refractivity contribution in [3.8, 4) is 11.5 Å². The van der Waals surface area contributed by atoms with E-state index in [1.165, 1.54) is 12.1 Å². The van der Waals surface area contributed by atoms with E-state index in [9.17, 15) is 15.0 Å². The Kier molecular flexibility index (Phi) is 3.92. The van der Waals surface area contributed by atoms with Crippen molar-refractivity contribution in [1.82, 2.24) is 4.90 Å². The zero-order valence-electron chi connectivity index (χ0n) is 10.6. The maximum atomic E-state index is 10.9. The second kappa shape index (κ2) is 5.46. The average Bonchev–Trinajstić information content (AvgIpc) is 2.38. The molecule has 0 spiro atoms. The molecule has 6 heteroatoms. The predicted octanol–water partition coefficient (Wildman–Crippen LogP) is 0.944. The quantitative estimate of drug-likeness (QED) is 0.755. The molecule has 1 aliphatic heterocycles. The molecule has 2 rings (SSSR count). The van der Waals surface area contributed by atoms with Gasteiger partial charge in [0.15, 0.2) is 6.10 Å². The van der Waals surface area contributed by atoms with Crippen molar-refractivity contribution in [3.63, 3.8) is 0 Å². The Balaban J connectivity index is 2.19. The molecule has 104 valence electrons. The van der Waals surface area contributed by atoms with Gasteiger partial charge in [0.1, 0.15) is 11.5 Å². The Morgan fingerprint density at radius 3 is 2.63 bits per heavy atom. The van der Waals surface area contributed by atoms with Crippen LogP contribution in [0.15, 0.2) is 18.2 Å². The van der Waals surface area contributed by atoms with Crippen molar-refractivity contribution >= 4 is 5.97 Å². The van der Waals surface area contributed by atoms with Gasteiger partial charge in [0.25, 0.3) is 0 Å². The van der Waals surface area contributed by atoms with Crippen LogP contribution in [0.1, 0.15) is 18.5 Å². The van der Waals surface area contributed by atoms with Crippen molar-refractivity contribution in [3.05, 3.63) is 23.8 Å². The summed E-state index contributed by atoms with van der Waals surface area (Å²) in [5.74, 6) is -0.991. The van der Waals surface area contributed by atoms with Gasteiger partial charge in [-0.05, 0) is 19.1 Å². The molecule has 2 atom stereocenters. The molecular weight excluding hydrogens is 250 g/mol. The first-order valence-electron chi connectivity index (χ1n) is 6.10. The number of ether oxygens (including phenoxy) is 1. The first-order valence-corrected chi connectivity index (χ1v) is 6.10. The molecule has 2 unspecified atom stereocenters. The molecule has 1 heterocycles. The van der Waals surface area contributed by atoms with Gasteiger partial charge in [-0.1, -0.05) is 6.07 Å². The van der Waals surface area contributed by atoms with Crippen LogP contribution in [0.3, 0.4) is 0 Å². The highest BCUT2D eigenvalue weighted by atomic mass is 16.5. The molecule has 0 saturated carbocycles. The van der Waals surface area contributed by atoms with Gasteiger partial charge in [-0.3, -0.25) is 4.90 Å². The first kappa shape index (κ1) is 13.6. The lowest BCUT2D eigenvalue weighted by molar-refractivity contribution is -0.157. The molecule has 19 heavy (non-hydrogen) atoms. The molecule has 0 aromatic heterocycles. The van der Waals surface area contributed by atoms with Crippen molar-refractivity contribution < 1.29 is 24.9 Å². The molecule has 1 saturated heterocycles. The minimum atomic E-state index is -1.00. The Morgan fingerprint density at radius 2 is 2.05 bits per heavy atom. The average molecular weight is 267 g/mol. The van der Waals surface area contributed by atoms with Gasteiger partial charge >= 0.3 is 5.97 Å². The van der Waals surface area contributed by atoms with Crippen LogP contribution in [0.25, 0.3) is 0 Å². The molecular formula is C13H17NO5. The minimum Gasteiger partial charge on any atom is -0.507 e. The SMILES string of the molecule is CC(c1c(O)cccc1O)N1CCOC(C(=O)O)C1. The number of hydrogen-bond acceptors (Lipinski definition) is 5. The van der Waals surface area contributed by atoms with Crippen LogP contribution >= 0.6 is 0 Å². The standard InChI is InChI=1S/C13H17NO5/c1-8(12-9(15)3-2-4-10(12)16)14-5-6-19-11(7-14)13(17)18/h2-4,8,11,15-16H,5-7H2,1H3,(H,17,18). The number of phenols is 2. The molecule has 1 aromatic carbocycles. The van der Waals surface area contributed by atoms with Gasteiger partial charge in [-0.2, -0.15) is 0 Å². The zero-order valence-corrected chi connectivity index (χ0v) is 10.6. The number of carboxylic acid groups (broad SMARTS) is 1. The number of carbonyl (C=O) groups is 1. The lowest BCUT2D eigenvalue weighted by Gasteiger charge is -2.35. The number of hydrogen-bond donors (Lipinski definition) is 3. The Bertz CT molecular complexity index is 456. The Morgan fingerprint density at radius 1 is 1.42 bits per heavy atom. The van der Waals surface area contributed by atoms with Crippen LogP contribution in [-0.4, -0.2) is 52.0 Å². The number of phenolic OH excluding ortho intramolecular Hbond substituents is 2. The highest BCUT2D eigenvalue weighted by molar-refractivity contribution is 5.72. The van der Waals surface area contributed by atoms with Crippen LogP contribution in [0, 0.1) is 0 Å². The minimum absolute atomic E-state index is 0.00543. The predicted molar refractivity (Wildman–Crippen MR) is 67.1 cm³/mol. The third-order valence-electron chi connectivity index (χ3n) is 3.40. The first-order chi connectivity index (χ1) is 9.00. The van der Waals surface area contributed by atoms with E-state index < -0.39 is 12.1 Å². The summed E-state index contributed by atoms with van der Waals surface area (Å²) >= 11 is 0. The summed E-state index contributed by atoms with van der Waals surface area (Å²) in [6, 6.07) is 4.27. The van der Waals surface area contributed by atoms with Crippen molar-refractivity contribution in [2.24, 2.45) is 0 Å². The molecule has 3 N–H and O–H groups in total. The molecule has 1 aliphatic rings. The molecule has 0 aliphatic carbocycles. The van der Waals surface area contributed by atoms with Crippen LogP contribution in [0.4, 0.5) is 0 Å². The zero-order chi connectivity index (χ0) is 14.0. The van der Waals surface area contributed by atoms with Gasteiger partial charge in [0.05, 0.1) is 12.2 Å². The Hall–Kier alpha value is -1.79. The second-order valence-electron chi connectivity index (χ2n) is 4.58. The number of nitrogens with zero attached hydrogens (tertiary/aromatic N) is 1. The number of aliphatic carboxylic acids is 1. The molecule has 0 amide bonds. The number of rotatable bonds is 3. The highest BCUT2D eigenvalue weighted by Crippen LogP contribution is 2.36. The molecule has 6 nitrogen and oxygen atoms in total. The monoisotopic (exact) mass is 267 g/mol. The van der Waals surface area contributed by atoms with E-state index in [1.54, 1.807) is 6.07 Å². The summed E-state index contributed by atoms with van der Waals surface area (Å²) in [7, 11) is 0. The molecule has 0 radical (unpaired) electrons. The Labute approximate surface area is 110 Å². The van der Waals surface area contributed by atoms with Crippen LogP contribution in [0.5, 0.6) is 11.5 Å². The van der Waals surface area contributed by atoms with E-state index >= 15 is 0 Å². The van der Waals surface area contributed by atoms with E-state index in [0.717, 1.165) is 0 Å². The van der Waals surface area contributed by atoms with E-state index in [1.807, 2.05) is 11.8 Å². The summed E-state index contributed by atoms with van der Waals surface area (Å²) in [4.78, 5) is 12.8. The smallest absolute Gasteiger partial charge is 0.334 e. The van der Waals surface area contributed by atoms with E-state index in [4.69, 9.17) is 9.84 Å². The third-order valence-corrected chi connectivity index (χ3v) is 3.40. The molecule has 1 fully saturated rings. The molecule has 0 bridgehead atoms. The normalized spacial score (nSPS) is 22.1. The van der Waals surface area contributed by atoms with Gasteiger partial charge in [0, 0.05) is 19.1 Å². The topological polar surface area (TPSA) is 90.2 Å². The highest BCUT2D eigenvalue weighted by Gasteiger charge is 2.31. The number of benzene rings is 1. The van der Waals surface area contributed by atoms with Crippen molar-refractivity contribution in [2.45, 2.75) is 19.1 Å². The van der Waals surface area contributed by atoms with E-state index in [2.05, 4.69) is 0 Å². The van der Waals surface area contributed by atoms with Crippen LogP contribution in [0.2, 0.25) is 0 Å². The van der Waals surface area contributed by atoms with E-state index in [0.29, 0.717) is 18.7 Å². The molecule has 1 aromatic rings. The van der Waals surface area contributed by atoms with Gasteiger partial charge in [0.2, 0.25) is 0 Å². The summed E-state index contributed by atoms with van der Waals surface area (Å²) < 4.78 is 5.15. The lowest BCUT2D eigenvalue weighted by atomic mass is 10.0. The van der Waals surface area contributed by atoms with Gasteiger partial charge in [-0.25, -0.2) is 4.79 Å². The number of morpholine rings is 1. The fourth-order valence-corrected chi connectivity index (χ4v) is 2.32. The maximum absolute atomic E-state index is 10.9. The maximum Gasteiger partial charge on any atom is 0.334 e. The third kappa shape index (κ3) is 2.80. The second-order valence-corrected chi connectivity index (χ2v) is 4.58. The lowest BCUT2D eigenvalue weighted by Crippen LogP contribution is -2.46. The van der Waals surface area contributed by atoms with Gasteiger partial charge in [-0.15, -0.1) is 0 Å². The number of aromatic hydroxyl groups is 2. The summed E-state index contributed by atoms with van der Waals surface area (Å²) in [5.41, 5.74) is 0.411. The van der Waals surface area contributed by atoms with Gasteiger partial charge < -0.3 is 20.1 Å². The summed E-state index contributed by atoms with van der Waals surface area (Å²) in [5, 5.41) is 28.6. The fourth-order valence-electron chi connectivity index (χ4n) is 2.32. The van der Waals surface area contributed by atoms with Crippen LogP contribution in [-0.2, 0) is 9.53 Å². The summed E-state index contributed by atoms with van der Waals surface area (Å²) in [6.07, 6.45) is -0.871. The van der Waals surface area contributed by atoms with Crippen molar-refractivity contribution in [2.75, 3.05) is 19.7 Å².